The topological polar surface area (TPSA) is 74.1 Å². The zero-order chi connectivity index (χ0) is 19.4. The van der Waals surface area contributed by atoms with Gasteiger partial charge in [0.2, 0.25) is 5.95 Å². The van der Waals surface area contributed by atoms with Crippen LogP contribution in [-0.2, 0) is 20.2 Å². The SMILES string of the molecule is COc1ccc(Br)c(CNc2nnnn2C)c1OCc1ccc(Cl)cc1Cl. The third-order valence-corrected chi connectivity index (χ3v) is 5.15. The van der Waals surface area contributed by atoms with Gasteiger partial charge in [0.1, 0.15) is 6.61 Å². The number of halogens is 3. The molecule has 1 aromatic heterocycles. The van der Waals surface area contributed by atoms with Crippen LogP contribution in [-0.4, -0.2) is 27.3 Å². The molecule has 0 atom stereocenters. The van der Waals surface area contributed by atoms with E-state index in [9.17, 15) is 0 Å². The van der Waals surface area contributed by atoms with Crippen molar-refractivity contribution in [2.24, 2.45) is 7.05 Å². The molecule has 2 aromatic carbocycles. The number of ether oxygens (including phenoxy) is 2. The summed E-state index contributed by atoms with van der Waals surface area (Å²) in [4.78, 5) is 0. The summed E-state index contributed by atoms with van der Waals surface area (Å²) in [5, 5.41) is 15.6. The minimum Gasteiger partial charge on any atom is -0.493 e. The Morgan fingerprint density at radius 2 is 2.04 bits per heavy atom. The molecule has 0 aliphatic carbocycles. The Hall–Kier alpha value is -2.03. The lowest BCUT2D eigenvalue weighted by Gasteiger charge is -2.17. The fourth-order valence-corrected chi connectivity index (χ4v) is 3.32. The van der Waals surface area contributed by atoms with Crippen molar-refractivity contribution in [1.82, 2.24) is 20.2 Å². The van der Waals surface area contributed by atoms with Gasteiger partial charge in [-0.15, -0.1) is 0 Å². The predicted molar refractivity (Wildman–Crippen MR) is 108 cm³/mol. The molecule has 27 heavy (non-hydrogen) atoms. The molecule has 3 rings (SSSR count). The van der Waals surface area contributed by atoms with Gasteiger partial charge in [0, 0.05) is 39.2 Å². The molecular weight excluding hydrogens is 457 g/mol. The number of rotatable bonds is 7. The minimum atomic E-state index is 0.265. The fraction of sp³-hybridized carbons (Fsp3) is 0.235. The van der Waals surface area contributed by atoms with Crippen LogP contribution in [0.15, 0.2) is 34.8 Å². The van der Waals surface area contributed by atoms with Crippen LogP contribution in [0.2, 0.25) is 10.0 Å². The van der Waals surface area contributed by atoms with Gasteiger partial charge in [-0.2, -0.15) is 0 Å². The number of benzene rings is 2. The van der Waals surface area contributed by atoms with Gasteiger partial charge < -0.3 is 14.8 Å². The van der Waals surface area contributed by atoms with E-state index in [4.69, 9.17) is 32.7 Å². The van der Waals surface area contributed by atoms with Crippen LogP contribution in [0.5, 0.6) is 11.5 Å². The molecule has 0 aliphatic rings. The molecule has 1 N–H and O–H groups in total. The van der Waals surface area contributed by atoms with Crippen molar-refractivity contribution in [2.45, 2.75) is 13.2 Å². The fourth-order valence-electron chi connectivity index (χ4n) is 2.40. The van der Waals surface area contributed by atoms with E-state index in [2.05, 4.69) is 36.8 Å². The van der Waals surface area contributed by atoms with Gasteiger partial charge in [-0.3, -0.25) is 0 Å². The Morgan fingerprint density at radius 1 is 1.22 bits per heavy atom. The summed E-state index contributed by atoms with van der Waals surface area (Å²) in [5.41, 5.74) is 1.68. The van der Waals surface area contributed by atoms with Crippen molar-refractivity contribution in [3.63, 3.8) is 0 Å². The number of nitrogens with zero attached hydrogens (tertiary/aromatic N) is 4. The van der Waals surface area contributed by atoms with E-state index in [1.165, 1.54) is 0 Å². The highest BCUT2D eigenvalue weighted by Crippen LogP contribution is 2.37. The molecule has 0 saturated carbocycles. The molecule has 3 aromatic rings. The summed E-state index contributed by atoms with van der Waals surface area (Å²) in [6, 6.07) is 9.01. The molecule has 0 amide bonds. The Kier molecular flexibility index (Phi) is 6.41. The summed E-state index contributed by atoms with van der Waals surface area (Å²) >= 11 is 15.8. The smallest absolute Gasteiger partial charge is 0.242 e. The van der Waals surface area contributed by atoms with Gasteiger partial charge in [-0.1, -0.05) is 50.3 Å². The Labute approximate surface area is 174 Å². The van der Waals surface area contributed by atoms with E-state index in [1.54, 1.807) is 31.0 Å². The summed E-state index contributed by atoms with van der Waals surface area (Å²) < 4.78 is 13.9. The van der Waals surface area contributed by atoms with Gasteiger partial charge in [0.25, 0.3) is 0 Å². The maximum Gasteiger partial charge on any atom is 0.242 e. The first kappa shape index (κ1) is 19.7. The molecule has 7 nitrogen and oxygen atoms in total. The van der Waals surface area contributed by atoms with Crippen LogP contribution in [0.3, 0.4) is 0 Å². The first-order valence-corrected chi connectivity index (χ1v) is 9.42. The lowest BCUT2D eigenvalue weighted by molar-refractivity contribution is 0.281. The lowest BCUT2D eigenvalue weighted by atomic mass is 10.1. The molecule has 0 fully saturated rings. The Bertz CT molecular complexity index is 951. The maximum absolute atomic E-state index is 6.24. The zero-order valence-corrected chi connectivity index (χ0v) is 17.6. The van der Waals surface area contributed by atoms with E-state index >= 15 is 0 Å². The van der Waals surface area contributed by atoms with Crippen molar-refractivity contribution in [2.75, 3.05) is 12.4 Å². The number of aryl methyl sites for hydroxylation is 1. The number of anilines is 1. The molecule has 0 bridgehead atoms. The van der Waals surface area contributed by atoms with E-state index in [0.717, 1.165) is 15.6 Å². The van der Waals surface area contributed by atoms with Crippen LogP contribution in [0, 0.1) is 0 Å². The summed E-state index contributed by atoms with van der Waals surface area (Å²) in [7, 11) is 3.35. The molecule has 0 aliphatic heterocycles. The quantitative estimate of drug-likeness (QED) is 0.546. The second kappa shape index (κ2) is 8.77. The van der Waals surface area contributed by atoms with Gasteiger partial charge in [0.05, 0.1) is 7.11 Å². The number of hydrogen-bond donors (Lipinski definition) is 1. The largest absolute Gasteiger partial charge is 0.493 e. The minimum absolute atomic E-state index is 0.265. The second-order valence-corrected chi connectivity index (χ2v) is 7.26. The first-order valence-electron chi connectivity index (χ1n) is 7.88. The third kappa shape index (κ3) is 4.63. The average molecular weight is 473 g/mol. The molecule has 0 spiro atoms. The van der Waals surface area contributed by atoms with Crippen LogP contribution in [0.25, 0.3) is 0 Å². The monoisotopic (exact) mass is 471 g/mol. The van der Waals surface area contributed by atoms with Crippen LogP contribution >= 0.6 is 39.1 Å². The molecule has 1 heterocycles. The molecule has 10 heteroatoms. The van der Waals surface area contributed by atoms with Crippen LogP contribution in [0.4, 0.5) is 5.95 Å². The van der Waals surface area contributed by atoms with Gasteiger partial charge in [-0.25, -0.2) is 4.68 Å². The van der Waals surface area contributed by atoms with Gasteiger partial charge >= 0.3 is 0 Å². The maximum atomic E-state index is 6.24. The highest BCUT2D eigenvalue weighted by molar-refractivity contribution is 9.10. The van der Waals surface area contributed by atoms with E-state index in [1.807, 2.05) is 18.2 Å². The molecule has 0 unspecified atom stereocenters. The average Bonchev–Trinajstić information content (AvgIpc) is 3.05. The number of hydrogen-bond acceptors (Lipinski definition) is 6. The molecule has 0 radical (unpaired) electrons. The number of tetrazole rings is 1. The zero-order valence-electron chi connectivity index (χ0n) is 14.5. The van der Waals surface area contributed by atoms with Gasteiger partial charge in [-0.05, 0) is 34.7 Å². The van der Waals surface area contributed by atoms with Crippen molar-refractivity contribution < 1.29 is 9.47 Å². The number of methoxy groups -OCH3 is 1. The third-order valence-electron chi connectivity index (χ3n) is 3.82. The van der Waals surface area contributed by atoms with Crippen molar-refractivity contribution >= 4 is 45.1 Å². The lowest BCUT2D eigenvalue weighted by Crippen LogP contribution is -2.09. The molecule has 0 saturated heterocycles. The van der Waals surface area contributed by atoms with E-state index < -0.39 is 0 Å². The van der Waals surface area contributed by atoms with Crippen molar-refractivity contribution in [3.8, 4) is 11.5 Å². The molecular formula is C17H16BrCl2N5O2. The van der Waals surface area contributed by atoms with Crippen LogP contribution in [0.1, 0.15) is 11.1 Å². The van der Waals surface area contributed by atoms with E-state index in [0.29, 0.717) is 34.0 Å². The summed E-state index contributed by atoms with van der Waals surface area (Å²) in [5.74, 6) is 1.74. The Balaban J connectivity index is 1.85. The second-order valence-electron chi connectivity index (χ2n) is 5.56. The number of nitrogens with one attached hydrogen (secondary N) is 1. The highest BCUT2D eigenvalue weighted by Gasteiger charge is 2.16. The van der Waals surface area contributed by atoms with Gasteiger partial charge in [0.15, 0.2) is 11.5 Å². The Morgan fingerprint density at radius 3 is 2.70 bits per heavy atom. The summed E-state index contributed by atoms with van der Waals surface area (Å²) in [6.07, 6.45) is 0. The van der Waals surface area contributed by atoms with Crippen molar-refractivity contribution in [3.05, 3.63) is 56.0 Å². The first-order chi connectivity index (χ1) is 13.0. The molecule has 142 valence electrons. The standard InChI is InChI=1S/C17H16BrCl2N5O2/c1-25-17(22-23-24-25)21-8-12-13(18)5-6-15(26-2)16(12)27-9-10-3-4-11(19)7-14(10)20/h3-7H,8-9H2,1-2H3,(H,21,22,24). The summed E-state index contributed by atoms with van der Waals surface area (Å²) in [6.45, 7) is 0.691. The van der Waals surface area contributed by atoms with E-state index in [-0.39, 0.29) is 6.61 Å². The number of aromatic nitrogens is 4. The predicted octanol–water partition coefficient (Wildman–Crippen LogP) is 4.48. The van der Waals surface area contributed by atoms with Crippen LogP contribution < -0.4 is 14.8 Å². The normalized spacial score (nSPS) is 10.7. The van der Waals surface area contributed by atoms with Crippen molar-refractivity contribution in [1.29, 1.82) is 0 Å². The highest BCUT2D eigenvalue weighted by atomic mass is 79.9.